The molecule has 0 amide bonds. The van der Waals surface area contributed by atoms with Crippen molar-refractivity contribution in [3.8, 4) is 5.75 Å². The molecule has 0 aliphatic rings. The molecule has 76 valence electrons. The van der Waals surface area contributed by atoms with Gasteiger partial charge in [0.05, 0.1) is 6.07 Å². The lowest BCUT2D eigenvalue weighted by molar-refractivity contribution is -0.389. The summed E-state index contributed by atoms with van der Waals surface area (Å²) in [6.07, 6.45) is -3.18. The van der Waals surface area contributed by atoms with Gasteiger partial charge in [-0.25, -0.2) is 13.8 Å². The highest BCUT2D eigenvalue weighted by Gasteiger charge is 2.22. The van der Waals surface area contributed by atoms with Gasteiger partial charge in [0.1, 0.15) is 0 Å². The Morgan fingerprint density at radius 2 is 2.14 bits per heavy atom. The van der Waals surface area contributed by atoms with Crippen molar-refractivity contribution in [3.63, 3.8) is 0 Å². The molecule has 0 saturated heterocycles. The Kier molecular flexibility index (Phi) is 2.45. The second-order valence-corrected chi connectivity index (χ2v) is 2.34. The average Bonchev–Trinajstić information content (AvgIpc) is 2.08. The predicted octanol–water partition coefficient (Wildman–Crippen LogP) is 0.926. The van der Waals surface area contributed by atoms with Gasteiger partial charge in [-0.05, 0) is 4.92 Å². The molecule has 0 aliphatic heterocycles. The van der Waals surface area contributed by atoms with E-state index in [0.29, 0.717) is 6.07 Å². The summed E-state index contributed by atoms with van der Waals surface area (Å²) < 4.78 is 24.2. The Labute approximate surface area is 75.0 Å². The zero-order chi connectivity index (χ0) is 10.9. The molecule has 8 heteroatoms. The van der Waals surface area contributed by atoms with Crippen LogP contribution in [-0.2, 0) is 0 Å². The highest BCUT2D eigenvalue weighted by Crippen LogP contribution is 2.24. The predicted molar refractivity (Wildman–Crippen MR) is 40.3 cm³/mol. The largest absolute Gasteiger partial charge is 0.501 e. The third kappa shape index (κ3) is 1.68. The van der Waals surface area contributed by atoms with Crippen molar-refractivity contribution in [2.75, 3.05) is 0 Å². The van der Waals surface area contributed by atoms with Crippen molar-refractivity contribution in [2.45, 2.75) is 6.43 Å². The zero-order valence-electron chi connectivity index (χ0n) is 6.53. The minimum atomic E-state index is -3.18. The molecule has 6 nitrogen and oxygen atoms in total. The summed E-state index contributed by atoms with van der Waals surface area (Å²) in [5, 5.41) is 19.0. The molecule has 0 aliphatic carbocycles. The van der Waals surface area contributed by atoms with Crippen molar-refractivity contribution in [2.24, 2.45) is 0 Å². The van der Waals surface area contributed by atoms with Crippen LogP contribution in [0.1, 0.15) is 12.1 Å². The normalized spacial score (nSPS) is 10.5. The smallest absolute Gasteiger partial charge is 0.325 e. The number of nitro groups is 1. The summed E-state index contributed by atoms with van der Waals surface area (Å²) in [6.45, 7) is 0. The summed E-state index contributed by atoms with van der Waals surface area (Å²) in [6, 6.07) is 0.432. The number of aromatic hydroxyl groups is 1. The molecule has 2 N–H and O–H groups in total. The molecule has 0 saturated carbocycles. The molecule has 0 radical (unpaired) electrons. The number of hydrogen-bond donors (Lipinski definition) is 2. The number of alkyl halides is 2. The summed E-state index contributed by atoms with van der Waals surface area (Å²) in [7, 11) is 0. The van der Waals surface area contributed by atoms with Crippen LogP contribution >= 0.6 is 0 Å². The van der Waals surface area contributed by atoms with E-state index < -0.39 is 34.0 Å². The molecule has 14 heavy (non-hydrogen) atoms. The Morgan fingerprint density at radius 1 is 1.57 bits per heavy atom. The first-order chi connectivity index (χ1) is 6.43. The average molecular weight is 206 g/mol. The summed E-state index contributed by atoms with van der Waals surface area (Å²) in [4.78, 5) is 21.5. The second-order valence-electron chi connectivity index (χ2n) is 2.34. The van der Waals surface area contributed by atoms with Crippen molar-refractivity contribution in [3.05, 3.63) is 32.1 Å². The maximum absolute atomic E-state index is 12.1. The van der Waals surface area contributed by atoms with E-state index in [-0.39, 0.29) is 0 Å². The van der Waals surface area contributed by atoms with Crippen LogP contribution in [0.25, 0.3) is 0 Å². The highest BCUT2D eigenvalue weighted by atomic mass is 19.3. The zero-order valence-corrected chi connectivity index (χ0v) is 6.53. The Balaban J connectivity index is 3.43. The summed E-state index contributed by atoms with van der Waals surface area (Å²) in [5.41, 5.74) is -2.37. The van der Waals surface area contributed by atoms with Crippen LogP contribution in [0.3, 0.4) is 0 Å². The number of aromatic amines is 1. The first-order valence-electron chi connectivity index (χ1n) is 3.32. The molecule has 0 fully saturated rings. The van der Waals surface area contributed by atoms with Gasteiger partial charge < -0.3 is 15.2 Å². The van der Waals surface area contributed by atoms with Crippen molar-refractivity contribution in [1.29, 1.82) is 0 Å². The summed E-state index contributed by atoms with van der Waals surface area (Å²) in [5.74, 6) is -2.09. The number of aromatic nitrogens is 1. The van der Waals surface area contributed by atoms with Gasteiger partial charge in [0.2, 0.25) is 16.9 Å². The van der Waals surface area contributed by atoms with Crippen molar-refractivity contribution < 1.29 is 18.8 Å². The van der Waals surface area contributed by atoms with Gasteiger partial charge in [0.15, 0.2) is 0 Å². The molecule has 0 unspecified atom stereocenters. The quantitative estimate of drug-likeness (QED) is 0.555. The minimum absolute atomic E-state index is 0.432. The lowest BCUT2D eigenvalue weighted by Gasteiger charge is -2.00. The third-order valence-electron chi connectivity index (χ3n) is 1.43. The van der Waals surface area contributed by atoms with Gasteiger partial charge in [-0.3, -0.25) is 4.79 Å². The lowest BCUT2D eigenvalue weighted by Crippen LogP contribution is -2.08. The molecule has 1 rings (SSSR count). The number of pyridine rings is 1. The number of hydrogen-bond acceptors (Lipinski definition) is 4. The van der Waals surface area contributed by atoms with Crippen molar-refractivity contribution in [1.82, 2.24) is 4.98 Å². The monoisotopic (exact) mass is 206 g/mol. The SMILES string of the molecule is O=c1cc([N+](=O)[O-])[nH]c(C(F)F)c1O. The van der Waals surface area contributed by atoms with Gasteiger partial charge in [-0.15, -0.1) is 0 Å². The van der Waals surface area contributed by atoms with Gasteiger partial charge >= 0.3 is 12.2 Å². The first-order valence-corrected chi connectivity index (χ1v) is 3.32. The van der Waals surface area contributed by atoms with E-state index in [0.717, 1.165) is 0 Å². The molecule has 0 aromatic carbocycles. The molecule has 0 bridgehead atoms. The molecule has 0 atom stereocenters. The van der Waals surface area contributed by atoms with Crippen LogP contribution in [0, 0.1) is 10.1 Å². The Morgan fingerprint density at radius 3 is 2.57 bits per heavy atom. The van der Waals surface area contributed by atoms with E-state index in [9.17, 15) is 23.7 Å². The lowest BCUT2D eigenvalue weighted by atomic mass is 10.3. The third-order valence-corrected chi connectivity index (χ3v) is 1.43. The Bertz CT molecular complexity index is 428. The summed E-state index contributed by atoms with van der Waals surface area (Å²) >= 11 is 0. The topological polar surface area (TPSA) is 96.2 Å². The van der Waals surface area contributed by atoms with Gasteiger partial charge in [0.25, 0.3) is 0 Å². The van der Waals surface area contributed by atoms with Crippen LogP contribution in [-0.4, -0.2) is 15.0 Å². The van der Waals surface area contributed by atoms with E-state index in [4.69, 9.17) is 5.11 Å². The number of rotatable bonds is 2. The maximum Gasteiger partial charge on any atom is 0.325 e. The van der Waals surface area contributed by atoms with Gasteiger partial charge in [0, 0.05) is 0 Å². The van der Waals surface area contributed by atoms with E-state index in [1.54, 1.807) is 4.98 Å². The van der Waals surface area contributed by atoms with E-state index in [1.165, 1.54) is 0 Å². The van der Waals surface area contributed by atoms with Crippen molar-refractivity contribution >= 4 is 5.82 Å². The van der Waals surface area contributed by atoms with Crippen LogP contribution < -0.4 is 5.43 Å². The second kappa shape index (κ2) is 3.40. The number of H-pyrrole nitrogens is 1. The first kappa shape index (κ1) is 10.1. The fourth-order valence-electron chi connectivity index (χ4n) is 0.815. The van der Waals surface area contributed by atoms with Gasteiger partial charge in [-0.2, -0.15) is 0 Å². The Hall–Kier alpha value is -1.99. The van der Waals surface area contributed by atoms with Crippen LogP contribution in [0.15, 0.2) is 10.9 Å². The van der Waals surface area contributed by atoms with E-state index in [2.05, 4.69) is 0 Å². The highest BCUT2D eigenvalue weighted by molar-refractivity contribution is 5.33. The molecule has 1 aromatic heterocycles. The molecule has 1 aromatic rings. The number of halogens is 2. The molecular formula is C6H4F2N2O4. The van der Waals surface area contributed by atoms with Gasteiger partial charge in [-0.1, -0.05) is 0 Å². The van der Waals surface area contributed by atoms with E-state index >= 15 is 0 Å². The number of nitrogens with zero attached hydrogens (tertiary/aromatic N) is 1. The minimum Gasteiger partial charge on any atom is -0.501 e. The molecule has 0 spiro atoms. The fraction of sp³-hybridized carbons (Fsp3) is 0.167. The van der Waals surface area contributed by atoms with Crippen LogP contribution in [0.2, 0.25) is 0 Å². The molecular weight excluding hydrogens is 202 g/mol. The fourth-order valence-corrected chi connectivity index (χ4v) is 0.815. The number of nitrogens with one attached hydrogen (secondary N) is 1. The standard InChI is InChI=1S/C6H4F2N2O4/c7-6(8)4-5(12)2(11)1-3(9-4)10(13)14/h1,6,12H,(H,9,11). The maximum atomic E-state index is 12.1. The van der Waals surface area contributed by atoms with Crippen LogP contribution in [0.5, 0.6) is 5.75 Å². The van der Waals surface area contributed by atoms with E-state index in [1.807, 2.05) is 0 Å². The van der Waals surface area contributed by atoms with Crippen LogP contribution in [0.4, 0.5) is 14.6 Å². The molecule has 1 heterocycles.